The smallest absolute Gasteiger partial charge is 0.407 e. The fourth-order valence-electron chi connectivity index (χ4n) is 11.1. The number of benzene rings is 3. The minimum Gasteiger partial charge on any atom is -0.488 e. The van der Waals surface area contributed by atoms with E-state index in [1.807, 2.05) is 34.1 Å². The molecule has 3 saturated heterocycles. The summed E-state index contributed by atoms with van der Waals surface area (Å²) in [4.78, 5) is 73.8. The van der Waals surface area contributed by atoms with Gasteiger partial charge < -0.3 is 54.1 Å². The predicted molar refractivity (Wildman–Crippen MR) is 247 cm³/mol. The summed E-state index contributed by atoms with van der Waals surface area (Å²) in [6.45, 7) is 2.86. The van der Waals surface area contributed by atoms with Crippen LogP contribution >= 0.6 is 0 Å². The Hall–Kier alpha value is -6.88. The topological polar surface area (TPSA) is 202 Å². The lowest BCUT2D eigenvalue weighted by atomic mass is 9.79. The summed E-state index contributed by atoms with van der Waals surface area (Å²) < 4.78 is 28.4. The molecular weight excluding hydrogens is 869 g/mol. The highest BCUT2D eigenvalue weighted by Gasteiger charge is 2.41. The molecule has 7 heterocycles. The monoisotopic (exact) mass is 924 g/mol. The Kier molecular flexibility index (Phi) is 11.8. The molecule has 5 aliphatic heterocycles. The van der Waals surface area contributed by atoms with Gasteiger partial charge in [-0.15, -0.1) is 0 Å². The third-order valence-corrected chi connectivity index (χ3v) is 14.9. The number of nitrogens with one attached hydrogen (secondary N) is 4. The maximum atomic E-state index is 14.4. The average Bonchev–Trinajstić information content (AvgIpc) is 4.21. The quantitative estimate of drug-likeness (QED) is 0.101. The largest absolute Gasteiger partial charge is 0.488 e. The molecule has 17 nitrogen and oxygen atoms in total. The van der Waals surface area contributed by atoms with E-state index in [0.29, 0.717) is 69.9 Å². The summed E-state index contributed by atoms with van der Waals surface area (Å²) in [5.74, 6) is 2.98. The summed E-state index contributed by atoms with van der Waals surface area (Å²) in [6.07, 6.45) is 10.2. The van der Waals surface area contributed by atoms with Gasteiger partial charge in [-0.1, -0.05) is 30.7 Å². The maximum Gasteiger partial charge on any atom is 0.407 e. The number of amides is 4. The highest BCUT2D eigenvalue weighted by atomic mass is 16.5. The lowest BCUT2D eigenvalue weighted by Gasteiger charge is -2.34. The van der Waals surface area contributed by atoms with E-state index in [2.05, 4.69) is 44.9 Å². The van der Waals surface area contributed by atoms with Crippen molar-refractivity contribution in [1.82, 2.24) is 40.4 Å². The number of carbonyl (C=O) groups excluding carboxylic acids is 4. The van der Waals surface area contributed by atoms with Gasteiger partial charge in [0, 0.05) is 59.7 Å². The van der Waals surface area contributed by atoms with Crippen molar-refractivity contribution < 1.29 is 42.9 Å². The van der Waals surface area contributed by atoms with E-state index in [-0.39, 0.29) is 29.8 Å². The van der Waals surface area contributed by atoms with Crippen molar-refractivity contribution in [3.05, 3.63) is 94.8 Å². The Morgan fingerprint density at radius 1 is 0.691 bits per heavy atom. The number of likely N-dealkylation sites (tertiary alicyclic amines) is 2. The number of aromatic amines is 2. The zero-order chi connectivity index (χ0) is 46.5. The van der Waals surface area contributed by atoms with Crippen LogP contribution in [-0.2, 0) is 37.0 Å². The van der Waals surface area contributed by atoms with Gasteiger partial charge in [-0.25, -0.2) is 19.6 Å². The van der Waals surface area contributed by atoms with Crippen LogP contribution in [0.1, 0.15) is 116 Å². The zero-order valence-electron chi connectivity index (χ0n) is 38.3. The van der Waals surface area contributed by atoms with E-state index in [9.17, 15) is 19.2 Å². The van der Waals surface area contributed by atoms with Gasteiger partial charge in [-0.2, -0.15) is 0 Å². The van der Waals surface area contributed by atoms with E-state index in [4.69, 9.17) is 33.7 Å². The Morgan fingerprint density at radius 2 is 1.26 bits per heavy atom. The molecule has 17 heteroatoms. The number of methoxy groups -OCH3 is 2. The van der Waals surface area contributed by atoms with Crippen molar-refractivity contribution in [1.29, 1.82) is 0 Å². The summed E-state index contributed by atoms with van der Waals surface area (Å²) in [7, 11) is 2.61. The number of aromatic nitrogens is 4. The van der Waals surface area contributed by atoms with Crippen LogP contribution in [0.4, 0.5) is 9.59 Å². The predicted octanol–water partition coefficient (Wildman–Crippen LogP) is 7.76. The van der Waals surface area contributed by atoms with Crippen molar-refractivity contribution in [3.8, 4) is 45.1 Å². The van der Waals surface area contributed by atoms with Gasteiger partial charge in [0.1, 0.15) is 48.4 Å². The van der Waals surface area contributed by atoms with Gasteiger partial charge in [0.05, 0.1) is 50.1 Å². The van der Waals surface area contributed by atoms with Crippen molar-refractivity contribution in [2.75, 3.05) is 40.5 Å². The van der Waals surface area contributed by atoms with Crippen molar-refractivity contribution in [2.24, 2.45) is 5.92 Å². The van der Waals surface area contributed by atoms with Gasteiger partial charge in [-0.3, -0.25) is 9.59 Å². The molecule has 4 atom stereocenters. The molecule has 1 saturated carbocycles. The second-order valence-corrected chi connectivity index (χ2v) is 18.8. The number of nitrogens with zero attached hydrogens (tertiary/aromatic N) is 4. The molecule has 68 heavy (non-hydrogen) atoms. The number of ether oxygens (including phenoxy) is 5. The van der Waals surface area contributed by atoms with Crippen molar-refractivity contribution >= 4 is 24.0 Å². The zero-order valence-corrected chi connectivity index (χ0v) is 38.3. The highest BCUT2D eigenvalue weighted by Crippen LogP contribution is 2.51. The summed E-state index contributed by atoms with van der Waals surface area (Å²) in [5.41, 5.74) is 9.30. The SMILES string of the molecule is COC(=O)N[C@H](C(=O)N1CCC[C@H]1c1ncc(-c2cc3c4c(c2)OCc2cc(-c5cnc([C@@H]6CCCN6C(=O)[C@H](NC(=O)OC)c6cccc(C7CCC7)c6)[nH]5)cc(c2-4)OC3)[nH]1)C1CCOCC1. The minimum atomic E-state index is -0.899. The molecule has 3 aromatic carbocycles. The van der Waals surface area contributed by atoms with Gasteiger partial charge >= 0.3 is 12.2 Å². The first-order valence-electron chi connectivity index (χ1n) is 23.9. The van der Waals surface area contributed by atoms with Crippen LogP contribution in [0.15, 0.2) is 60.9 Å². The van der Waals surface area contributed by atoms with Gasteiger partial charge in [0.2, 0.25) is 5.91 Å². The molecule has 11 rings (SSSR count). The number of H-pyrrole nitrogens is 2. The third-order valence-electron chi connectivity index (χ3n) is 14.9. The molecule has 0 bridgehead atoms. The first kappa shape index (κ1) is 43.7. The number of carbonyl (C=O) groups is 4. The molecule has 2 aromatic heterocycles. The van der Waals surface area contributed by atoms with Crippen LogP contribution in [0.5, 0.6) is 11.5 Å². The Bertz CT molecular complexity index is 2710. The standard InChI is InChI=1S/C51H56N8O9/c1-64-50(62)56-44(29-13-17-66-18-14-29)48(60)58-15-5-11-38(58)46-52-24-36(54-46)32-20-34-26-68-41-23-33(21-35-27-67-40(22-32)42(34)43(35)41)37-25-53-47(55-37)39-12-6-16-59(39)49(61)45(57-51(63)65-2)31-10-4-9-30(19-31)28-7-3-8-28/h4,9-10,19-25,28-29,38-39,44-45H,3,5-8,11-18,26-27H2,1-2H3,(H,52,54)(H,53,55)(H,56,62)(H,57,63)/t38-,39-,44-,45+/m0/s1. The molecule has 354 valence electrons. The van der Waals surface area contributed by atoms with Crippen LogP contribution < -0.4 is 20.1 Å². The summed E-state index contributed by atoms with van der Waals surface area (Å²) in [6, 6.07) is 14.1. The molecule has 0 spiro atoms. The Morgan fingerprint density at radius 3 is 1.82 bits per heavy atom. The lowest BCUT2D eigenvalue weighted by Crippen LogP contribution is -2.53. The first-order valence-corrected chi connectivity index (χ1v) is 23.9. The van der Waals surface area contributed by atoms with Gasteiger partial charge in [0.25, 0.3) is 5.91 Å². The van der Waals surface area contributed by atoms with Crippen LogP contribution in [0, 0.1) is 5.92 Å². The summed E-state index contributed by atoms with van der Waals surface area (Å²) >= 11 is 0. The average molecular weight is 925 g/mol. The van der Waals surface area contributed by atoms with Crippen LogP contribution in [0.3, 0.4) is 0 Å². The molecule has 6 aliphatic rings. The number of rotatable bonds is 11. The maximum absolute atomic E-state index is 14.4. The lowest BCUT2D eigenvalue weighted by molar-refractivity contribution is -0.137. The second-order valence-electron chi connectivity index (χ2n) is 18.8. The fraction of sp³-hybridized carbons (Fsp3) is 0.451. The molecule has 0 radical (unpaired) electrons. The molecule has 4 fully saturated rings. The van der Waals surface area contributed by atoms with E-state index >= 15 is 0 Å². The van der Waals surface area contributed by atoms with Crippen LogP contribution in [0.2, 0.25) is 0 Å². The Balaban J connectivity index is 0.814. The first-order chi connectivity index (χ1) is 33.2. The number of hydrogen-bond acceptors (Lipinski definition) is 11. The van der Waals surface area contributed by atoms with Gasteiger partial charge in [-0.05, 0) is 98.6 Å². The molecule has 1 aliphatic carbocycles. The van der Waals surface area contributed by atoms with E-state index in [0.717, 1.165) is 100 Å². The molecule has 0 unspecified atom stereocenters. The van der Waals surface area contributed by atoms with E-state index < -0.39 is 24.3 Å². The molecular formula is C51H56N8O9. The van der Waals surface area contributed by atoms with Crippen LogP contribution in [0.25, 0.3) is 33.6 Å². The van der Waals surface area contributed by atoms with Crippen LogP contribution in [-0.4, -0.2) is 100 Å². The van der Waals surface area contributed by atoms with Crippen molar-refractivity contribution in [2.45, 2.75) is 101 Å². The highest BCUT2D eigenvalue weighted by molar-refractivity contribution is 5.90. The molecule has 4 amide bonds. The van der Waals surface area contributed by atoms with Crippen molar-refractivity contribution in [3.63, 3.8) is 0 Å². The summed E-state index contributed by atoms with van der Waals surface area (Å²) in [5, 5.41) is 5.65. The molecule has 4 N–H and O–H groups in total. The minimum absolute atomic E-state index is 0.0513. The Labute approximate surface area is 393 Å². The molecule has 5 aromatic rings. The number of imidazole rings is 2. The van der Waals surface area contributed by atoms with Gasteiger partial charge in [0.15, 0.2) is 0 Å². The van der Waals surface area contributed by atoms with E-state index in [1.54, 1.807) is 12.4 Å². The normalized spacial score (nSPS) is 20.6. The number of alkyl carbamates (subject to hydrolysis) is 2. The fourth-order valence-corrected chi connectivity index (χ4v) is 11.1. The number of hydrogen-bond donors (Lipinski definition) is 4. The third kappa shape index (κ3) is 8.09. The second kappa shape index (κ2) is 18.3. The van der Waals surface area contributed by atoms with E-state index in [1.165, 1.54) is 26.2 Å².